The van der Waals surface area contributed by atoms with E-state index < -0.39 is 48.7 Å². The molecule has 0 aromatic carbocycles. The molecule has 0 saturated carbocycles. The second kappa shape index (κ2) is 5.57. The molecule has 0 aliphatic heterocycles. The van der Waals surface area contributed by atoms with Crippen LogP contribution in [0.3, 0.4) is 0 Å². The lowest BCUT2D eigenvalue weighted by Crippen LogP contribution is -2.36. The monoisotopic (exact) mass is 320 g/mol. The summed E-state index contributed by atoms with van der Waals surface area (Å²) >= 11 is 0. The van der Waals surface area contributed by atoms with Gasteiger partial charge in [0.15, 0.2) is 5.69 Å². The molecule has 21 heavy (non-hydrogen) atoms. The van der Waals surface area contributed by atoms with E-state index in [2.05, 4.69) is 10.3 Å². The zero-order valence-electron chi connectivity index (χ0n) is 9.79. The number of halogens is 6. The van der Waals surface area contributed by atoms with Crippen LogP contribution in [0.2, 0.25) is 0 Å². The van der Waals surface area contributed by atoms with Crippen LogP contribution < -0.4 is 5.32 Å². The smallest absolute Gasteiger partial charge is 0.435 e. The van der Waals surface area contributed by atoms with Gasteiger partial charge in [0, 0.05) is 0 Å². The Morgan fingerprint density at radius 2 is 1.76 bits per heavy atom. The average molecular weight is 320 g/mol. The predicted molar refractivity (Wildman–Crippen MR) is 51.0 cm³/mol. The zero-order valence-corrected chi connectivity index (χ0v) is 9.79. The number of carbonyl (C=O) groups is 2. The van der Waals surface area contributed by atoms with Crippen molar-refractivity contribution in [2.75, 3.05) is 6.54 Å². The molecule has 0 aliphatic rings. The van der Waals surface area contributed by atoms with Gasteiger partial charge in [-0.1, -0.05) is 5.21 Å². The fourth-order valence-electron chi connectivity index (χ4n) is 1.24. The Bertz CT molecular complexity index is 549. The van der Waals surface area contributed by atoms with Gasteiger partial charge in [0.1, 0.15) is 13.1 Å². The second-order valence-corrected chi connectivity index (χ2v) is 3.64. The lowest BCUT2D eigenvalue weighted by atomic mass is 10.3. The number of nitrogens with zero attached hydrogens (tertiary/aromatic N) is 3. The largest absolute Gasteiger partial charge is 0.476 e. The first kappa shape index (κ1) is 16.7. The van der Waals surface area contributed by atoms with Crippen LogP contribution in [0.4, 0.5) is 26.3 Å². The van der Waals surface area contributed by atoms with E-state index in [0.29, 0.717) is 0 Å². The normalized spacial score (nSPS) is 12.3. The number of rotatable bonds is 4. The molecule has 0 atom stereocenters. The Morgan fingerprint density at radius 3 is 2.19 bits per heavy atom. The molecular formula is C8H6F6N4O3. The number of aromatic carboxylic acids is 1. The van der Waals surface area contributed by atoms with Gasteiger partial charge in [-0.15, -0.1) is 5.10 Å². The maximum atomic E-state index is 12.7. The van der Waals surface area contributed by atoms with Gasteiger partial charge in [0.05, 0.1) is 0 Å². The summed E-state index contributed by atoms with van der Waals surface area (Å²) in [5.41, 5.74) is -3.29. The third-order valence-electron chi connectivity index (χ3n) is 1.99. The fraction of sp³-hybridized carbons (Fsp3) is 0.500. The highest BCUT2D eigenvalue weighted by atomic mass is 19.4. The molecule has 0 spiro atoms. The molecule has 7 nitrogen and oxygen atoms in total. The summed E-state index contributed by atoms with van der Waals surface area (Å²) in [4.78, 5) is 21.7. The molecule has 0 radical (unpaired) electrons. The van der Waals surface area contributed by atoms with E-state index in [1.165, 1.54) is 5.32 Å². The molecule has 0 bridgehead atoms. The number of amides is 1. The van der Waals surface area contributed by atoms with E-state index in [-0.39, 0.29) is 4.68 Å². The van der Waals surface area contributed by atoms with E-state index in [1.807, 2.05) is 0 Å². The van der Waals surface area contributed by atoms with Crippen molar-refractivity contribution in [1.82, 2.24) is 20.3 Å². The lowest BCUT2D eigenvalue weighted by Gasteiger charge is -2.11. The Morgan fingerprint density at radius 1 is 1.19 bits per heavy atom. The van der Waals surface area contributed by atoms with E-state index in [0.717, 1.165) is 0 Å². The van der Waals surface area contributed by atoms with Crippen molar-refractivity contribution in [2.24, 2.45) is 0 Å². The van der Waals surface area contributed by atoms with Gasteiger partial charge in [-0.3, -0.25) is 4.79 Å². The fourth-order valence-corrected chi connectivity index (χ4v) is 1.24. The number of hydrogen-bond acceptors (Lipinski definition) is 4. The second-order valence-electron chi connectivity index (χ2n) is 3.64. The standard InChI is InChI=1S/C8H6F6N4O3/c9-7(10,11)2-15-3(19)1-18-5(8(12,13)14)4(6(20)21)16-17-18/h1-2H2,(H,15,19)(H,20,21). The minimum Gasteiger partial charge on any atom is -0.476 e. The first-order chi connectivity index (χ1) is 9.42. The Balaban J connectivity index is 2.94. The first-order valence-electron chi connectivity index (χ1n) is 4.99. The third kappa shape index (κ3) is 4.61. The van der Waals surface area contributed by atoms with E-state index in [4.69, 9.17) is 5.11 Å². The Hall–Kier alpha value is -2.34. The van der Waals surface area contributed by atoms with Gasteiger partial charge in [-0.2, -0.15) is 26.3 Å². The quantitative estimate of drug-likeness (QED) is 0.795. The molecule has 1 rings (SSSR count). The molecule has 1 amide bonds. The van der Waals surface area contributed by atoms with Crippen LogP contribution in [-0.4, -0.2) is 44.7 Å². The summed E-state index contributed by atoms with van der Waals surface area (Å²) in [6, 6.07) is 0. The highest BCUT2D eigenvalue weighted by Gasteiger charge is 2.42. The molecule has 118 valence electrons. The van der Waals surface area contributed by atoms with Crippen LogP contribution >= 0.6 is 0 Å². The summed E-state index contributed by atoms with van der Waals surface area (Å²) in [7, 11) is 0. The van der Waals surface area contributed by atoms with Crippen molar-refractivity contribution >= 4 is 11.9 Å². The van der Waals surface area contributed by atoms with E-state index >= 15 is 0 Å². The highest BCUT2D eigenvalue weighted by Crippen LogP contribution is 2.31. The van der Waals surface area contributed by atoms with Gasteiger partial charge < -0.3 is 10.4 Å². The molecule has 0 unspecified atom stereocenters. The molecule has 1 heterocycles. The van der Waals surface area contributed by atoms with Crippen molar-refractivity contribution in [2.45, 2.75) is 18.9 Å². The van der Waals surface area contributed by atoms with E-state index in [9.17, 15) is 35.9 Å². The zero-order chi connectivity index (χ0) is 16.4. The first-order valence-corrected chi connectivity index (χ1v) is 4.99. The van der Waals surface area contributed by atoms with Crippen LogP contribution in [-0.2, 0) is 17.5 Å². The molecule has 2 N–H and O–H groups in total. The highest BCUT2D eigenvalue weighted by molar-refractivity contribution is 5.87. The SMILES string of the molecule is O=C(Cn1nnc(C(=O)O)c1C(F)(F)F)NCC(F)(F)F. The molecule has 0 fully saturated rings. The summed E-state index contributed by atoms with van der Waals surface area (Å²) in [5, 5.41) is 15.4. The third-order valence-corrected chi connectivity index (χ3v) is 1.99. The molecule has 1 aromatic heterocycles. The average Bonchev–Trinajstić information content (AvgIpc) is 2.69. The van der Waals surface area contributed by atoms with Crippen molar-refractivity contribution in [3.8, 4) is 0 Å². The van der Waals surface area contributed by atoms with Crippen LogP contribution in [0.25, 0.3) is 0 Å². The lowest BCUT2D eigenvalue weighted by molar-refractivity contribution is -0.147. The van der Waals surface area contributed by atoms with Crippen molar-refractivity contribution < 1.29 is 41.0 Å². The number of alkyl halides is 6. The van der Waals surface area contributed by atoms with Gasteiger partial charge >= 0.3 is 18.3 Å². The van der Waals surface area contributed by atoms with Crippen LogP contribution in [0.1, 0.15) is 16.2 Å². The summed E-state index contributed by atoms with van der Waals surface area (Å²) < 4.78 is 73.3. The van der Waals surface area contributed by atoms with Crippen molar-refractivity contribution in [3.05, 3.63) is 11.4 Å². The van der Waals surface area contributed by atoms with Gasteiger partial charge in [-0.05, 0) is 0 Å². The predicted octanol–water partition coefficient (Wildman–Crippen LogP) is 0.674. The Kier molecular flexibility index (Phi) is 4.43. The number of aromatic nitrogens is 3. The number of nitrogens with one attached hydrogen (secondary N) is 1. The van der Waals surface area contributed by atoms with Crippen molar-refractivity contribution in [1.29, 1.82) is 0 Å². The van der Waals surface area contributed by atoms with Gasteiger partial charge in [0.25, 0.3) is 0 Å². The van der Waals surface area contributed by atoms with E-state index in [1.54, 1.807) is 0 Å². The van der Waals surface area contributed by atoms with Crippen LogP contribution in [0.15, 0.2) is 0 Å². The summed E-state index contributed by atoms with van der Waals surface area (Å²) in [6.45, 7) is -3.00. The summed E-state index contributed by atoms with van der Waals surface area (Å²) in [5.74, 6) is -3.47. The van der Waals surface area contributed by atoms with Crippen LogP contribution in [0, 0.1) is 0 Å². The number of carbonyl (C=O) groups excluding carboxylic acids is 1. The van der Waals surface area contributed by atoms with Gasteiger partial charge in [-0.25, -0.2) is 9.48 Å². The van der Waals surface area contributed by atoms with Crippen molar-refractivity contribution in [3.63, 3.8) is 0 Å². The summed E-state index contributed by atoms with van der Waals surface area (Å²) in [6.07, 6.45) is -9.93. The number of carboxylic acids is 1. The molecule has 13 heteroatoms. The molecule has 0 aliphatic carbocycles. The number of hydrogen-bond donors (Lipinski definition) is 2. The Labute approximate surface area is 111 Å². The molecule has 1 aromatic rings. The minimum atomic E-state index is -5.19. The topological polar surface area (TPSA) is 97.1 Å². The van der Waals surface area contributed by atoms with Crippen LogP contribution in [0.5, 0.6) is 0 Å². The maximum Gasteiger partial charge on any atom is 0.435 e. The van der Waals surface area contributed by atoms with Gasteiger partial charge in [0.2, 0.25) is 11.6 Å². The molecule has 0 saturated heterocycles. The number of carboxylic acid groups (broad SMARTS) is 1. The maximum absolute atomic E-state index is 12.7. The minimum absolute atomic E-state index is 0.130. The molecular weight excluding hydrogens is 314 g/mol.